The molecule has 0 aromatic carbocycles. The van der Waals surface area contributed by atoms with Gasteiger partial charge in [0.2, 0.25) is 0 Å². The standard InChI is InChI=1S/C15H25N3OS/c1-15(2)9-11(16-3)13-12(10-15)17-14(20-13)18-5-4-7-19-8-6-18/h11,16H,4-10H2,1-3H3. The number of rotatable bonds is 2. The Morgan fingerprint density at radius 2 is 2.20 bits per heavy atom. The van der Waals surface area contributed by atoms with Crippen LogP contribution in [0, 0.1) is 5.41 Å². The van der Waals surface area contributed by atoms with Crippen LogP contribution in [0.15, 0.2) is 0 Å². The van der Waals surface area contributed by atoms with Gasteiger partial charge in [0.25, 0.3) is 0 Å². The number of nitrogens with one attached hydrogen (secondary N) is 1. The first-order valence-electron chi connectivity index (χ1n) is 7.59. The van der Waals surface area contributed by atoms with Crippen molar-refractivity contribution in [1.29, 1.82) is 0 Å². The molecule has 1 aliphatic carbocycles. The number of hydrogen-bond donors (Lipinski definition) is 1. The third kappa shape index (κ3) is 2.85. The maximum absolute atomic E-state index is 5.55. The molecule has 1 aromatic rings. The van der Waals surface area contributed by atoms with E-state index in [1.807, 2.05) is 11.3 Å². The first kappa shape index (κ1) is 14.3. The van der Waals surface area contributed by atoms with Crippen LogP contribution in [-0.4, -0.2) is 38.3 Å². The summed E-state index contributed by atoms with van der Waals surface area (Å²) < 4.78 is 5.55. The fourth-order valence-electron chi connectivity index (χ4n) is 3.23. The third-order valence-electron chi connectivity index (χ3n) is 4.28. The van der Waals surface area contributed by atoms with Gasteiger partial charge < -0.3 is 15.0 Å². The second-order valence-electron chi connectivity index (χ2n) is 6.65. The van der Waals surface area contributed by atoms with E-state index in [4.69, 9.17) is 9.72 Å². The fourth-order valence-corrected chi connectivity index (χ4v) is 4.47. The first-order valence-corrected chi connectivity index (χ1v) is 8.40. The molecule has 4 nitrogen and oxygen atoms in total. The Balaban J connectivity index is 1.87. The minimum absolute atomic E-state index is 0.341. The quantitative estimate of drug-likeness (QED) is 0.910. The summed E-state index contributed by atoms with van der Waals surface area (Å²) in [6, 6.07) is 0.461. The lowest BCUT2D eigenvalue weighted by Gasteiger charge is -2.34. The van der Waals surface area contributed by atoms with Gasteiger partial charge in [-0.3, -0.25) is 0 Å². The topological polar surface area (TPSA) is 37.4 Å². The molecule has 0 spiro atoms. The number of aromatic nitrogens is 1. The Hall–Kier alpha value is -0.650. The van der Waals surface area contributed by atoms with E-state index in [2.05, 4.69) is 31.1 Å². The van der Waals surface area contributed by atoms with Crippen LogP contribution in [-0.2, 0) is 11.2 Å². The van der Waals surface area contributed by atoms with Crippen molar-refractivity contribution < 1.29 is 4.74 Å². The third-order valence-corrected chi connectivity index (χ3v) is 5.55. The van der Waals surface area contributed by atoms with Crippen molar-refractivity contribution in [3.05, 3.63) is 10.6 Å². The van der Waals surface area contributed by atoms with Gasteiger partial charge in [0.1, 0.15) is 0 Å². The number of ether oxygens (including phenoxy) is 1. The van der Waals surface area contributed by atoms with Crippen molar-refractivity contribution in [3.63, 3.8) is 0 Å². The molecule has 0 radical (unpaired) electrons. The molecule has 1 fully saturated rings. The molecule has 0 amide bonds. The van der Waals surface area contributed by atoms with Gasteiger partial charge in [0.05, 0.1) is 12.3 Å². The van der Waals surface area contributed by atoms with E-state index >= 15 is 0 Å². The number of nitrogens with zero attached hydrogens (tertiary/aromatic N) is 2. The van der Waals surface area contributed by atoms with E-state index in [0.717, 1.165) is 39.1 Å². The highest BCUT2D eigenvalue weighted by molar-refractivity contribution is 7.15. The summed E-state index contributed by atoms with van der Waals surface area (Å²) in [5.41, 5.74) is 1.65. The highest BCUT2D eigenvalue weighted by atomic mass is 32.1. The summed E-state index contributed by atoms with van der Waals surface area (Å²) in [4.78, 5) is 8.81. The maximum Gasteiger partial charge on any atom is 0.185 e. The van der Waals surface area contributed by atoms with Gasteiger partial charge in [-0.05, 0) is 31.7 Å². The molecule has 1 unspecified atom stereocenters. The Kier molecular flexibility index (Phi) is 4.02. The Labute approximate surface area is 125 Å². The van der Waals surface area contributed by atoms with Crippen LogP contribution in [0.25, 0.3) is 0 Å². The monoisotopic (exact) mass is 295 g/mol. The average Bonchev–Trinajstić information content (AvgIpc) is 2.63. The molecule has 1 aliphatic heterocycles. The van der Waals surface area contributed by atoms with Crippen molar-refractivity contribution in [1.82, 2.24) is 10.3 Å². The molecule has 1 aromatic heterocycles. The van der Waals surface area contributed by atoms with Gasteiger partial charge in [-0.2, -0.15) is 0 Å². The van der Waals surface area contributed by atoms with Gasteiger partial charge in [-0.1, -0.05) is 25.2 Å². The zero-order valence-electron chi connectivity index (χ0n) is 12.7. The van der Waals surface area contributed by atoms with Crippen LogP contribution in [0.2, 0.25) is 0 Å². The Bertz CT molecular complexity index is 464. The van der Waals surface area contributed by atoms with Crippen molar-refractivity contribution in [2.45, 2.75) is 39.2 Å². The van der Waals surface area contributed by atoms with Crippen molar-refractivity contribution in [3.8, 4) is 0 Å². The minimum atomic E-state index is 0.341. The molecule has 1 atom stereocenters. The molecule has 5 heteroatoms. The normalized spacial score (nSPS) is 26.1. The van der Waals surface area contributed by atoms with Crippen molar-refractivity contribution in [2.75, 3.05) is 38.3 Å². The molecule has 1 saturated heterocycles. The predicted molar refractivity (Wildman–Crippen MR) is 83.7 cm³/mol. The summed E-state index contributed by atoms with van der Waals surface area (Å²) in [7, 11) is 2.06. The maximum atomic E-state index is 5.55. The molecule has 0 saturated carbocycles. The number of hydrogen-bond acceptors (Lipinski definition) is 5. The second kappa shape index (κ2) is 5.62. The highest BCUT2D eigenvalue weighted by Gasteiger charge is 2.35. The van der Waals surface area contributed by atoms with Gasteiger partial charge in [0.15, 0.2) is 5.13 Å². The van der Waals surface area contributed by atoms with E-state index in [-0.39, 0.29) is 0 Å². The van der Waals surface area contributed by atoms with E-state index < -0.39 is 0 Å². The largest absolute Gasteiger partial charge is 0.380 e. The number of thiazole rings is 1. The zero-order chi connectivity index (χ0) is 14.2. The molecule has 20 heavy (non-hydrogen) atoms. The highest BCUT2D eigenvalue weighted by Crippen LogP contribution is 2.44. The van der Waals surface area contributed by atoms with Crippen molar-refractivity contribution >= 4 is 16.5 Å². The van der Waals surface area contributed by atoms with E-state index in [9.17, 15) is 0 Å². The van der Waals surface area contributed by atoms with Crippen LogP contribution in [0.5, 0.6) is 0 Å². The summed E-state index contributed by atoms with van der Waals surface area (Å²) in [5.74, 6) is 0. The van der Waals surface area contributed by atoms with E-state index in [0.29, 0.717) is 11.5 Å². The average molecular weight is 295 g/mol. The number of fused-ring (bicyclic) bond motifs is 1. The Morgan fingerprint density at radius 1 is 1.35 bits per heavy atom. The van der Waals surface area contributed by atoms with Crippen LogP contribution in [0.1, 0.15) is 43.3 Å². The molecule has 0 bridgehead atoms. The van der Waals surface area contributed by atoms with Crippen LogP contribution >= 0.6 is 11.3 Å². The molecule has 3 rings (SSSR count). The Morgan fingerprint density at radius 3 is 3.00 bits per heavy atom. The van der Waals surface area contributed by atoms with Crippen molar-refractivity contribution in [2.24, 2.45) is 5.41 Å². The molecular formula is C15H25N3OS. The summed E-state index contributed by atoms with van der Waals surface area (Å²) in [5, 5.41) is 4.66. The summed E-state index contributed by atoms with van der Waals surface area (Å²) in [6.45, 7) is 8.44. The first-order chi connectivity index (χ1) is 9.59. The van der Waals surface area contributed by atoms with E-state index in [1.54, 1.807) is 0 Å². The van der Waals surface area contributed by atoms with Gasteiger partial charge in [-0.25, -0.2) is 4.98 Å². The molecule has 112 valence electrons. The summed E-state index contributed by atoms with van der Waals surface area (Å²) in [6.07, 6.45) is 3.40. The molecular weight excluding hydrogens is 270 g/mol. The van der Waals surface area contributed by atoms with Gasteiger partial charge >= 0.3 is 0 Å². The van der Waals surface area contributed by atoms with Crippen LogP contribution in [0.4, 0.5) is 5.13 Å². The molecule has 2 aliphatic rings. The zero-order valence-corrected chi connectivity index (χ0v) is 13.6. The van der Waals surface area contributed by atoms with Gasteiger partial charge in [-0.15, -0.1) is 0 Å². The van der Waals surface area contributed by atoms with Gasteiger partial charge in [0, 0.05) is 30.6 Å². The molecule has 2 heterocycles. The molecule has 1 N–H and O–H groups in total. The van der Waals surface area contributed by atoms with E-state index in [1.165, 1.54) is 22.1 Å². The lowest BCUT2D eigenvalue weighted by atomic mass is 9.76. The SMILES string of the molecule is CNC1CC(C)(C)Cc2nc(N3CCCOCC3)sc21. The summed E-state index contributed by atoms with van der Waals surface area (Å²) >= 11 is 1.88. The van der Waals surface area contributed by atoms with Crippen LogP contribution < -0.4 is 10.2 Å². The van der Waals surface area contributed by atoms with Crippen LogP contribution in [0.3, 0.4) is 0 Å². The second-order valence-corrected chi connectivity index (χ2v) is 7.66. The fraction of sp³-hybridized carbons (Fsp3) is 0.800. The minimum Gasteiger partial charge on any atom is -0.380 e. The lowest BCUT2D eigenvalue weighted by molar-refractivity contribution is 0.152. The lowest BCUT2D eigenvalue weighted by Crippen LogP contribution is -2.30. The number of anilines is 1. The predicted octanol–water partition coefficient (Wildman–Crippen LogP) is 2.60. The smallest absolute Gasteiger partial charge is 0.185 e.